The van der Waals surface area contributed by atoms with E-state index in [1.165, 1.54) is 0 Å². The average molecular weight is 502 g/mol. The topological polar surface area (TPSA) is 51.5 Å². The van der Waals surface area contributed by atoms with Gasteiger partial charge in [-0.3, -0.25) is 0 Å². The van der Waals surface area contributed by atoms with Crippen molar-refractivity contribution in [1.82, 2.24) is 0 Å². The first kappa shape index (κ1) is 19.3. The molecule has 0 aliphatic rings. The molecule has 0 aromatic heterocycles. The van der Waals surface area contributed by atoms with E-state index in [-0.39, 0.29) is 0 Å². The van der Waals surface area contributed by atoms with Gasteiger partial charge in [0.1, 0.15) is 5.01 Å². The first-order chi connectivity index (χ1) is 9.91. The van der Waals surface area contributed by atoms with Gasteiger partial charge < -0.3 is 13.3 Å². The summed E-state index contributed by atoms with van der Waals surface area (Å²) in [4.78, 5) is 0. The zero-order valence-corrected chi connectivity index (χ0v) is 17.4. The van der Waals surface area contributed by atoms with Crippen molar-refractivity contribution in [2.75, 3.05) is 13.2 Å². The predicted octanol–water partition coefficient (Wildman–Crippen LogP) is 3.65. The van der Waals surface area contributed by atoms with Crippen molar-refractivity contribution in [3.8, 4) is 6.07 Å². The predicted molar refractivity (Wildman–Crippen MR) is 95.1 cm³/mol. The van der Waals surface area contributed by atoms with Gasteiger partial charge in [-0.15, -0.1) is 0 Å². The van der Waals surface area contributed by atoms with Gasteiger partial charge in [-0.2, -0.15) is 5.26 Å². The van der Waals surface area contributed by atoms with E-state index in [1.807, 2.05) is 44.2 Å². The third-order valence-electron chi connectivity index (χ3n) is 2.49. The lowest BCUT2D eigenvalue weighted by atomic mass is 10.4. The third-order valence-corrected chi connectivity index (χ3v) is 9.05. The molecule has 8 heteroatoms. The van der Waals surface area contributed by atoms with Gasteiger partial charge in [-0.05, 0) is 13.8 Å². The Morgan fingerprint density at radius 3 is 2.14 bits per heavy atom. The van der Waals surface area contributed by atoms with Crippen LogP contribution in [0.2, 0.25) is 0 Å². The summed E-state index contributed by atoms with van der Waals surface area (Å²) < 4.78 is 16.7. The van der Waals surface area contributed by atoms with Crippen molar-refractivity contribution in [2.45, 2.75) is 22.1 Å². The third kappa shape index (κ3) is 5.13. The van der Waals surface area contributed by atoms with Gasteiger partial charge in [-0.25, -0.2) is 0 Å². The first-order valence-corrected chi connectivity index (χ1v) is 10.6. The molecular weight excluding hydrogens is 486 g/mol. The van der Waals surface area contributed by atoms with Crippen molar-refractivity contribution >= 4 is 61.8 Å². The number of halogens is 3. The summed E-state index contributed by atoms with van der Waals surface area (Å²) in [5.41, 5.74) is 0. The first-order valence-electron chi connectivity index (χ1n) is 6.36. The van der Waals surface area contributed by atoms with Crippen LogP contribution in [0.3, 0.4) is 0 Å². The lowest BCUT2D eigenvalue weighted by Gasteiger charge is -2.33. The summed E-state index contributed by atoms with van der Waals surface area (Å²) in [6.07, 6.45) is 0. The standard InChI is InChI=1S/C13H16Br3NO3Si/c1-3-18-21(19-4-2,11-8-6-5-7-9-11)20-12(14)13(15,16)10-17/h5-9,12H,3-4H2,1-2H3. The van der Waals surface area contributed by atoms with Crippen LogP contribution in [0.4, 0.5) is 0 Å². The summed E-state index contributed by atoms with van der Waals surface area (Å²) in [7, 11) is -3.12. The lowest BCUT2D eigenvalue weighted by Crippen LogP contribution is -2.59. The van der Waals surface area contributed by atoms with Crippen LogP contribution >= 0.6 is 47.8 Å². The van der Waals surface area contributed by atoms with E-state index >= 15 is 0 Å². The van der Waals surface area contributed by atoms with Gasteiger partial charge in [0.2, 0.25) is 3.23 Å². The van der Waals surface area contributed by atoms with Gasteiger partial charge in [0, 0.05) is 18.4 Å². The second kappa shape index (κ2) is 8.77. The molecule has 0 saturated heterocycles. The highest BCUT2D eigenvalue weighted by Gasteiger charge is 2.49. The molecule has 0 amide bonds. The maximum atomic E-state index is 9.17. The highest BCUT2D eigenvalue weighted by atomic mass is 79.9. The molecule has 0 saturated carbocycles. The highest BCUT2D eigenvalue weighted by Crippen LogP contribution is 2.36. The Hall–Kier alpha value is 0.247. The zero-order chi connectivity index (χ0) is 15.9. The number of hydrogen-bond donors (Lipinski definition) is 0. The van der Waals surface area contributed by atoms with Crippen LogP contribution in [0, 0.1) is 11.3 Å². The molecule has 0 bridgehead atoms. The Morgan fingerprint density at radius 1 is 1.19 bits per heavy atom. The van der Waals surface area contributed by atoms with Crippen LogP contribution in [0.25, 0.3) is 0 Å². The maximum absolute atomic E-state index is 9.17. The van der Waals surface area contributed by atoms with E-state index in [4.69, 9.17) is 13.3 Å². The lowest BCUT2D eigenvalue weighted by molar-refractivity contribution is 0.0755. The number of nitriles is 1. The largest absolute Gasteiger partial charge is 0.538 e. The summed E-state index contributed by atoms with van der Waals surface area (Å²) in [5.74, 6) is 0. The van der Waals surface area contributed by atoms with Crippen LogP contribution in [-0.4, -0.2) is 30.3 Å². The Balaban J connectivity index is 3.16. The Kier molecular flexibility index (Phi) is 8.06. The Labute approximate surface area is 151 Å². The van der Waals surface area contributed by atoms with Crippen molar-refractivity contribution in [3.63, 3.8) is 0 Å². The number of benzene rings is 1. The molecular formula is C13H16Br3NO3Si. The molecule has 1 aromatic carbocycles. The number of hydrogen-bond acceptors (Lipinski definition) is 4. The van der Waals surface area contributed by atoms with Gasteiger partial charge in [0.05, 0.1) is 6.07 Å². The minimum Gasteiger partial charge on any atom is -0.370 e. The quantitative estimate of drug-likeness (QED) is 0.403. The van der Waals surface area contributed by atoms with Crippen molar-refractivity contribution < 1.29 is 13.3 Å². The molecule has 116 valence electrons. The number of rotatable bonds is 8. The average Bonchev–Trinajstić information content (AvgIpc) is 2.48. The van der Waals surface area contributed by atoms with Crippen LogP contribution < -0.4 is 5.19 Å². The Morgan fingerprint density at radius 2 is 1.71 bits per heavy atom. The molecule has 0 radical (unpaired) electrons. The van der Waals surface area contributed by atoms with Crippen LogP contribution in [0.5, 0.6) is 0 Å². The van der Waals surface area contributed by atoms with Crippen molar-refractivity contribution in [3.05, 3.63) is 30.3 Å². The minimum atomic E-state index is -3.12. The zero-order valence-electron chi connectivity index (χ0n) is 11.7. The molecule has 0 fully saturated rings. The fourth-order valence-corrected chi connectivity index (χ4v) is 5.50. The maximum Gasteiger partial charge on any atom is 0.538 e. The molecule has 1 aromatic rings. The van der Waals surface area contributed by atoms with Gasteiger partial charge >= 0.3 is 8.80 Å². The molecule has 21 heavy (non-hydrogen) atoms. The molecule has 1 rings (SSSR count). The van der Waals surface area contributed by atoms with E-state index in [9.17, 15) is 5.26 Å². The smallest absolute Gasteiger partial charge is 0.370 e. The molecule has 4 nitrogen and oxygen atoms in total. The number of nitrogens with zero attached hydrogens (tertiary/aromatic N) is 1. The normalized spacial score (nSPS) is 13.7. The molecule has 0 aliphatic heterocycles. The van der Waals surface area contributed by atoms with E-state index in [0.717, 1.165) is 5.19 Å². The van der Waals surface area contributed by atoms with Crippen molar-refractivity contribution in [1.29, 1.82) is 5.26 Å². The van der Waals surface area contributed by atoms with E-state index < -0.39 is 17.1 Å². The van der Waals surface area contributed by atoms with Crippen LogP contribution in [-0.2, 0) is 13.3 Å². The fourth-order valence-electron chi connectivity index (χ4n) is 1.63. The van der Waals surface area contributed by atoms with E-state index in [2.05, 4.69) is 53.9 Å². The van der Waals surface area contributed by atoms with E-state index in [1.54, 1.807) is 0 Å². The summed E-state index contributed by atoms with van der Waals surface area (Å²) >= 11 is 9.91. The molecule has 1 atom stereocenters. The molecule has 0 aliphatic carbocycles. The van der Waals surface area contributed by atoms with Crippen LogP contribution in [0.1, 0.15) is 13.8 Å². The van der Waals surface area contributed by atoms with Crippen LogP contribution in [0.15, 0.2) is 30.3 Å². The molecule has 0 N–H and O–H groups in total. The monoisotopic (exact) mass is 499 g/mol. The van der Waals surface area contributed by atoms with E-state index in [0.29, 0.717) is 13.2 Å². The Bertz CT molecular complexity index is 475. The summed E-state index contributed by atoms with van der Waals surface area (Å²) in [5, 5.41) is 9.37. The molecule has 0 heterocycles. The second-order valence-corrected chi connectivity index (χ2v) is 10.9. The van der Waals surface area contributed by atoms with Gasteiger partial charge in [-0.1, -0.05) is 78.1 Å². The molecule has 0 spiro atoms. The molecule has 1 unspecified atom stereocenters. The summed E-state index contributed by atoms with van der Waals surface area (Å²) in [6.45, 7) is 4.67. The highest BCUT2D eigenvalue weighted by molar-refractivity contribution is 9.26. The summed E-state index contributed by atoms with van der Waals surface area (Å²) in [6, 6.07) is 11.6. The minimum absolute atomic E-state index is 0.449. The SMILES string of the molecule is CCO[Si](OCC)(OC(Br)C(Br)(Br)C#N)c1ccccc1. The second-order valence-electron chi connectivity index (χ2n) is 3.96. The van der Waals surface area contributed by atoms with Gasteiger partial charge in [0.15, 0.2) is 0 Å². The fraction of sp³-hybridized carbons (Fsp3) is 0.462. The number of alkyl halides is 3. The van der Waals surface area contributed by atoms with Crippen molar-refractivity contribution in [2.24, 2.45) is 0 Å². The van der Waals surface area contributed by atoms with Gasteiger partial charge in [0.25, 0.3) is 0 Å².